The van der Waals surface area contributed by atoms with E-state index in [9.17, 15) is 41.9 Å². The van der Waals surface area contributed by atoms with Crippen LogP contribution in [0.25, 0.3) is 33.4 Å². The monoisotopic (exact) mass is 1360 g/mol. The molecule has 3 amide bonds. The summed E-state index contributed by atoms with van der Waals surface area (Å²) in [6.45, 7) is 7.58. The molecule has 3 atom stereocenters. The molecule has 9 heterocycles. The molecule has 3 radical (unpaired) electrons. The zero-order chi connectivity index (χ0) is 70.0. The quantitative estimate of drug-likeness (QED) is 0.0411. The zero-order valence-electron chi connectivity index (χ0n) is 55.9. The van der Waals surface area contributed by atoms with Gasteiger partial charge in [0.05, 0.1) is 17.1 Å². The van der Waals surface area contributed by atoms with Crippen molar-refractivity contribution in [3.63, 3.8) is 0 Å². The van der Waals surface area contributed by atoms with Gasteiger partial charge in [-0.1, -0.05) is 62.0 Å². The number of ketones is 3. The van der Waals surface area contributed by atoms with Gasteiger partial charge < -0.3 is 30.9 Å². The highest BCUT2D eigenvalue weighted by molar-refractivity contribution is 6.12. The Hall–Kier alpha value is -11.4. The van der Waals surface area contributed by atoms with Crippen LogP contribution in [0.15, 0.2) is 180 Å². The van der Waals surface area contributed by atoms with E-state index in [1.807, 2.05) is 34.5 Å². The van der Waals surface area contributed by atoms with E-state index in [0.29, 0.717) is 103 Å². The number of aryl methyl sites for hydroxylation is 3. The molecule has 3 fully saturated rings. The third kappa shape index (κ3) is 12.4. The van der Waals surface area contributed by atoms with Crippen LogP contribution in [-0.2, 0) is 50.6 Å². The van der Waals surface area contributed by atoms with Crippen LogP contribution in [0.2, 0.25) is 0 Å². The molecule has 1 unspecified atom stereocenters. The summed E-state index contributed by atoms with van der Waals surface area (Å²) in [6.07, 6.45) is 14.9. The summed E-state index contributed by atoms with van der Waals surface area (Å²) >= 11 is 0. The predicted molar refractivity (Wildman–Crippen MR) is 378 cm³/mol. The maximum absolute atomic E-state index is 14.4. The summed E-state index contributed by atoms with van der Waals surface area (Å²) in [7, 11) is 4.71. The second kappa shape index (κ2) is 27.7. The number of hydrogen-bond acceptors (Lipinski definition) is 15. The maximum atomic E-state index is 14.4. The fraction of sp³-hybridized carbons (Fsp3) is 0.289. The minimum Gasteiger partial charge on any atom is -0.369 e. The first kappa shape index (κ1) is 70.9. The summed E-state index contributed by atoms with van der Waals surface area (Å²) < 4.78 is 48.8. The number of likely N-dealkylation sites (N-methyl/N-ethyl adjacent to an activating group) is 3. The lowest BCUT2D eigenvalue weighted by atomic mass is 9.83. The van der Waals surface area contributed by atoms with Crippen molar-refractivity contribution in [2.75, 3.05) is 21.1 Å². The van der Waals surface area contributed by atoms with Crippen molar-refractivity contribution < 1.29 is 41.9 Å². The number of carbonyl (C=O) groups is 6. The summed E-state index contributed by atoms with van der Waals surface area (Å²) in [5.41, 5.74) is 21.6. The molecule has 3 aromatic carbocycles. The van der Waals surface area contributed by atoms with Gasteiger partial charge in [0, 0.05) is 138 Å². The highest BCUT2D eigenvalue weighted by atomic mass is 19.1. The highest BCUT2D eigenvalue weighted by Gasteiger charge is 2.54. The Kier molecular flexibility index (Phi) is 19.5. The van der Waals surface area contributed by atoms with Gasteiger partial charge in [-0.2, -0.15) is 13.2 Å². The van der Waals surface area contributed by atoms with E-state index in [1.54, 1.807) is 167 Å². The van der Waals surface area contributed by atoms with Gasteiger partial charge in [-0.05, 0) is 165 Å². The molecule has 0 spiro atoms. The minimum absolute atomic E-state index is 0. The zero-order valence-corrected chi connectivity index (χ0v) is 55.9. The number of guanidine groups is 3. The van der Waals surface area contributed by atoms with Gasteiger partial charge >= 0.3 is 0 Å². The van der Waals surface area contributed by atoms with Crippen LogP contribution in [0.4, 0.5) is 13.2 Å². The van der Waals surface area contributed by atoms with E-state index in [0.717, 1.165) is 38.5 Å². The normalized spacial score (nSPS) is 19.9. The van der Waals surface area contributed by atoms with E-state index < -0.39 is 34.5 Å². The number of halogens is 3. The molecular weight excluding hydrogens is 1290 g/mol. The second-order valence-electron chi connectivity index (χ2n) is 25.5. The van der Waals surface area contributed by atoms with Crippen molar-refractivity contribution in [1.29, 1.82) is 0 Å². The number of nitrogens with two attached hydrogens (primary N) is 3. The van der Waals surface area contributed by atoms with Gasteiger partial charge in [-0.3, -0.25) is 43.5 Å². The number of aromatic nitrogens is 6. The Morgan fingerprint density at radius 3 is 0.881 bits per heavy atom. The van der Waals surface area contributed by atoms with Crippen LogP contribution >= 0.6 is 0 Å². The fourth-order valence-corrected chi connectivity index (χ4v) is 13.3. The number of nitrogens with zero attached hydrogens (tertiary/aromatic N) is 12. The number of Topliss-reactive ketones (excluding diaryl/α,β-unsaturated/α-hetero) is 3. The fourth-order valence-electron chi connectivity index (χ4n) is 13.3. The van der Waals surface area contributed by atoms with Crippen molar-refractivity contribution in [3.05, 3.63) is 233 Å². The van der Waals surface area contributed by atoms with Gasteiger partial charge in [0.15, 0.2) is 51.8 Å². The molecule has 0 saturated heterocycles. The van der Waals surface area contributed by atoms with Crippen molar-refractivity contribution in [3.8, 4) is 33.4 Å². The summed E-state index contributed by atoms with van der Waals surface area (Å²) in [5, 5.41) is 0. The van der Waals surface area contributed by atoms with Crippen LogP contribution in [0, 0.1) is 35.6 Å². The van der Waals surface area contributed by atoms with E-state index in [2.05, 4.69) is 29.9 Å². The molecule has 6 N–H and O–H groups in total. The number of rotatable bonds is 18. The van der Waals surface area contributed by atoms with E-state index in [4.69, 9.17) is 17.2 Å². The average Bonchev–Trinajstić information content (AvgIpc) is 1.60. The largest absolute Gasteiger partial charge is 0.369 e. The molecule has 3 aliphatic heterocycles. The molecule has 15 rings (SSSR count). The topological polar surface area (TPSA) is 281 Å². The molecule has 9 aromatic rings. The molecular formula is C76H76BF3N15O6. The van der Waals surface area contributed by atoms with Gasteiger partial charge in [0.1, 0.15) is 0 Å². The number of amides is 3. The smallest absolute Gasteiger partial charge is 0.266 e. The Bertz CT molecular complexity index is 4420. The van der Waals surface area contributed by atoms with E-state index in [-0.39, 0.29) is 86.5 Å². The van der Waals surface area contributed by atoms with Gasteiger partial charge in [-0.15, -0.1) is 0 Å². The first-order valence-corrected chi connectivity index (χ1v) is 32.9. The van der Waals surface area contributed by atoms with Crippen LogP contribution < -0.4 is 17.2 Å². The molecule has 101 heavy (non-hydrogen) atoms. The summed E-state index contributed by atoms with van der Waals surface area (Å²) in [6, 6.07) is 36.2. The van der Waals surface area contributed by atoms with Crippen molar-refractivity contribution >= 4 is 61.4 Å². The number of benzene rings is 3. The molecule has 3 saturated carbocycles. The van der Waals surface area contributed by atoms with Crippen molar-refractivity contribution in [2.45, 2.75) is 103 Å². The van der Waals surface area contributed by atoms with Crippen LogP contribution in [0.3, 0.4) is 0 Å². The predicted octanol–water partition coefficient (Wildman–Crippen LogP) is 10.3. The van der Waals surface area contributed by atoms with E-state index >= 15 is 0 Å². The van der Waals surface area contributed by atoms with Gasteiger partial charge in [0.2, 0.25) is 17.8 Å². The second-order valence-corrected chi connectivity index (χ2v) is 25.5. The number of pyridine rings is 3. The summed E-state index contributed by atoms with van der Waals surface area (Å²) in [4.78, 5) is 109. The molecule has 0 bridgehead atoms. The van der Waals surface area contributed by atoms with Crippen LogP contribution in [0.1, 0.15) is 132 Å². The Balaban J connectivity index is 0.000000151. The Labute approximate surface area is 584 Å². The molecule has 3 aliphatic carbocycles. The first-order chi connectivity index (χ1) is 47.6. The van der Waals surface area contributed by atoms with E-state index in [1.165, 1.54) is 33.3 Å². The van der Waals surface area contributed by atoms with Crippen LogP contribution in [-0.4, -0.2) is 126 Å². The Morgan fingerprint density at radius 2 is 0.673 bits per heavy atom. The molecule has 21 nitrogen and oxygen atoms in total. The third-order valence-corrected chi connectivity index (χ3v) is 19.3. The average molecular weight is 1360 g/mol. The van der Waals surface area contributed by atoms with Crippen LogP contribution in [0.5, 0.6) is 0 Å². The molecule has 515 valence electrons. The van der Waals surface area contributed by atoms with Gasteiger partial charge in [-0.25, -0.2) is 29.9 Å². The number of carbonyl (C=O) groups excluding carboxylic acids is 6. The maximum Gasteiger partial charge on any atom is 0.266 e. The SMILES string of the molecule is C.CCn1cc(C2(c3cccc(-c4cccnc4F)c3)N=C(N)N(C)C2=O)cc1C(=O)C1CC1.CCn1cc([C@@]2(c3cccc(-c4cccnc4F)c3)N=C(N)N(C)C2=O)cc1C(=O)C1CC1.CCn1cc([C@]2(c3cccc(-c4cccnc4F)c3)N=C(N)N(C)C2=O)cc1C(=O)C1CC1.[B]. The number of aliphatic imine (C=N–C) groups is 3. The third-order valence-electron chi connectivity index (χ3n) is 19.3. The highest BCUT2D eigenvalue weighted by Crippen LogP contribution is 2.47. The van der Waals surface area contributed by atoms with Crippen molar-refractivity contribution in [1.82, 2.24) is 43.4 Å². The lowest BCUT2D eigenvalue weighted by Gasteiger charge is -2.25. The minimum atomic E-state index is -1.47. The molecule has 6 aromatic heterocycles. The number of hydrogen-bond donors (Lipinski definition) is 3. The van der Waals surface area contributed by atoms with Crippen molar-refractivity contribution in [2.24, 2.45) is 49.9 Å². The lowest BCUT2D eigenvalue weighted by molar-refractivity contribution is -0.130. The molecule has 25 heteroatoms. The first-order valence-electron chi connectivity index (χ1n) is 32.9. The molecule has 6 aliphatic rings. The summed E-state index contributed by atoms with van der Waals surface area (Å²) in [5.74, 6) is -2.17. The lowest BCUT2D eigenvalue weighted by Crippen LogP contribution is -2.41. The Morgan fingerprint density at radius 1 is 0.416 bits per heavy atom. The van der Waals surface area contributed by atoms with Gasteiger partial charge in [0.25, 0.3) is 17.7 Å². The standard InChI is InChI=1S/3C25H24FN5O2.CH4.B/c3*1-3-31-14-18(13-20(31)21(32)15-9-10-15)25(23(33)30(2)24(27)29-25)17-7-4-6-16(12-17)19-8-5-11-28-22(19)26;;/h3*4-8,11-15H,3,9-10H2,1-2H3,(H2,27,29);1H4;/t2*25-;;;/m10.../s1.